The average Bonchev–Trinajstić information content (AvgIpc) is 3.23. The van der Waals surface area contributed by atoms with E-state index in [0.29, 0.717) is 10.4 Å². The zero-order valence-corrected chi connectivity index (χ0v) is 18.1. The zero-order chi connectivity index (χ0) is 21.6. The maximum atomic E-state index is 12.3. The number of esters is 3. The number of hydrogen-bond acceptors (Lipinski definition) is 9. The van der Waals surface area contributed by atoms with Crippen molar-refractivity contribution in [3.8, 4) is 0 Å². The van der Waals surface area contributed by atoms with E-state index in [1.165, 1.54) is 11.3 Å². The van der Waals surface area contributed by atoms with Crippen molar-refractivity contribution in [1.29, 1.82) is 0 Å². The number of carbonyl (C=O) groups excluding carboxylic acids is 4. The van der Waals surface area contributed by atoms with E-state index in [9.17, 15) is 19.2 Å². The molecule has 0 aromatic carbocycles. The highest BCUT2D eigenvalue weighted by atomic mass is 32.1. The number of aryl methyl sites for hydroxylation is 1. The number of ether oxygens (including phenoxy) is 3. The summed E-state index contributed by atoms with van der Waals surface area (Å²) < 4.78 is 15.0. The monoisotopic (exact) mass is 439 g/mol. The van der Waals surface area contributed by atoms with Crippen molar-refractivity contribution in [3.05, 3.63) is 37.9 Å². The SMILES string of the molecule is CCOC(=O)c1sc(NC(=O)COC(=O)c2sccc2C)c(C(=O)OCC)c1C. The van der Waals surface area contributed by atoms with Crippen molar-refractivity contribution in [2.45, 2.75) is 27.7 Å². The summed E-state index contributed by atoms with van der Waals surface area (Å²) >= 11 is 2.13. The van der Waals surface area contributed by atoms with Gasteiger partial charge in [0.05, 0.1) is 18.8 Å². The number of anilines is 1. The Morgan fingerprint density at radius 3 is 2.14 bits per heavy atom. The van der Waals surface area contributed by atoms with Gasteiger partial charge in [0, 0.05) is 0 Å². The predicted molar refractivity (Wildman–Crippen MR) is 109 cm³/mol. The Labute approximate surface area is 175 Å². The van der Waals surface area contributed by atoms with Gasteiger partial charge in [0.2, 0.25) is 0 Å². The highest BCUT2D eigenvalue weighted by Gasteiger charge is 2.27. The molecule has 2 heterocycles. The van der Waals surface area contributed by atoms with Gasteiger partial charge < -0.3 is 19.5 Å². The molecule has 2 aromatic rings. The summed E-state index contributed by atoms with van der Waals surface area (Å²) in [7, 11) is 0. The number of nitrogens with one attached hydrogen (secondary N) is 1. The van der Waals surface area contributed by atoms with E-state index in [2.05, 4.69) is 5.32 Å². The molecule has 0 unspecified atom stereocenters. The topological polar surface area (TPSA) is 108 Å². The number of amides is 1. The molecule has 156 valence electrons. The molecule has 0 saturated carbocycles. The summed E-state index contributed by atoms with van der Waals surface area (Å²) in [6.07, 6.45) is 0. The number of thiophene rings is 2. The van der Waals surface area contributed by atoms with Gasteiger partial charge in [-0.2, -0.15) is 0 Å². The molecule has 0 aliphatic heterocycles. The van der Waals surface area contributed by atoms with Crippen LogP contribution in [0.4, 0.5) is 5.00 Å². The largest absolute Gasteiger partial charge is 0.462 e. The van der Waals surface area contributed by atoms with Gasteiger partial charge in [0.1, 0.15) is 14.8 Å². The first-order valence-electron chi connectivity index (χ1n) is 8.78. The molecule has 0 radical (unpaired) electrons. The van der Waals surface area contributed by atoms with Crippen LogP contribution in [0.3, 0.4) is 0 Å². The van der Waals surface area contributed by atoms with Crippen molar-refractivity contribution in [2.75, 3.05) is 25.1 Å². The van der Waals surface area contributed by atoms with Gasteiger partial charge in [-0.3, -0.25) is 4.79 Å². The Kier molecular flexibility index (Phi) is 7.91. The van der Waals surface area contributed by atoms with Crippen LogP contribution in [0.15, 0.2) is 11.4 Å². The third-order valence-electron chi connectivity index (χ3n) is 3.72. The molecule has 1 N–H and O–H groups in total. The Bertz CT molecular complexity index is 929. The molecule has 2 aromatic heterocycles. The smallest absolute Gasteiger partial charge is 0.349 e. The van der Waals surface area contributed by atoms with Crippen LogP contribution in [0.2, 0.25) is 0 Å². The lowest BCUT2D eigenvalue weighted by Gasteiger charge is -2.07. The summed E-state index contributed by atoms with van der Waals surface area (Å²) in [5.74, 6) is -2.51. The van der Waals surface area contributed by atoms with Gasteiger partial charge in [-0.1, -0.05) is 0 Å². The van der Waals surface area contributed by atoms with Crippen molar-refractivity contribution in [2.24, 2.45) is 0 Å². The quantitative estimate of drug-likeness (QED) is 0.495. The van der Waals surface area contributed by atoms with Crippen LogP contribution in [0, 0.1) is 13.8 Å². The molecule has 0 aliphatic rings. The molecule has 29 heavy (non-hydrogen) atoms. The summed E-state index contributed by atoms with van der Waals surface area (Å²) in [5, 5.41) is 4.41. The van der Waals surface area contributed by atoms with E-state index >= 15 is 0 Å². The second-order valence-electron chi connectivity index (χ2n) is 5.76. The lowest BCUT2D eigenvalue weighted by atomic mass is 10.1. The first-order chi connectivity index (χ1) is 13.8. The Morgan fingerprint density at radius 2 is 1.55 bits per heavy atom. The van der Waals surface area contributed by atoms with Gasteiger partial charge in [-0.25, -0.2) is 14.4 Å². The molecule has 10 heteroatoms. The van der Waals surface area contributed by atoms with E-state index in [1.54, 1.807) is 39.1 Å². The van der Waals surface area contributed by atoms with Crippen LogP contribution in [0.5, 0.6) is 0 Å². The minimum atomic E-state index is -0.668. The van der Waals surface area contributed by atoms with E-state index < -0.39 is 30.4 Å². The van der Waals surface area contributed by atoms with Crippen LogP contribution in [0.25, 0.3) is 0 Å². The van der Waals surface area contributed by atoms with Crippen molar-refractivity contribution in [3.63, 3.8) is 0 Å². The summed E-state index contributed by atoms with van der Waals surface area (Å²) in [4.78, 5) is 49.4. The van der Waals surface area contributed by atoms with E-state index in [-0.39, 0.29) is 28.7 Å². The maximum absolute atomic E-state index is 12.3. The van der Waals surface area contributed by atoms with Crippen LogP contribution < -0.4 is 5.32 Å². The molecule has 0 saturated heterocycles. The number of carbonyl (C=O) groups is 4. The first kappa shape index (κ1) is 22.6. The van der Waals surface area contributed by atoms with E-state index in [0.717, 1.165) is 16.9 Å². The normalized spacial score (nSPS) is 10.3. The van der Waals surface area contributed by atoms with E-state index in [4.69, 9.17) is 14.2 Å². The molecule has 0 atom stereocenters. The fourth-order valence-electron chi connectivity index (χ4n) is 2.38. The minimum Gasteiger partial charge on any atom is -0.462 e. The molecular weight excluding hydrogens is 418 g/mol. The number of rotatable bonds is 8. The van der Waals surface area contributed by atoms with Crippen molar-refractivity contribution >= 4 is 51.5 Å². The van der Waals surface area contributed by atoms with Crippen LogP contribution in [-0.2, 0) is 19.0 Å². The second-order valence-corrected chi connectivity index (χ2v) is 7.70. The molecule has 0 fully saturated rings. The lowest BCUT2D eigenvalue weighted by molar-refractivity contribution is -0.119. The van der Waals surface area contributed by atoms with Gasteiger partial charge in [0.15, 0.2) is 6.61 Å². The molecule has 0 aliphatic carbocycles. The third-order valence-corrected chi connectivity index (χ3v) is 5.91. The number of hydrogen-bond donors (Lipinski definition) is 1. The zero-order valence-electron chi connectivity index (χ0n) is 16.5. The Morgan fingerprint density at radius 1 is 0.931 bits per heavy atom. The van der Waals surface area contributed by atoms with Crippen LogP contribution in [0.1, 0.15) is 54.7 Å². The molecule has 2 rings (SSSR count). The lowest BCUT2D eigenvalue weighted by Crippen LogP contribution is -2.21. The Hall–Kier alpha value is -2.72. The summed E-state index contributed by atoms with van der Waals surface area (Å²) in [5.41, 5.74) is 1.19. The standard InChI is InChI=1S/C19H21NO7S2/c1-5-25-17(22)13-11(4)15(19(24)26-6-2)29-16(13)20-12(21)9-27-18(23)14-10(3)7-8-28-14/h7-8H,5-6,9H2,1-4H3,(H,20,21). The van der Waals surface area contributed by atoms with Gasteiger partial charge in [0.25, 0.3) is 5.91 Å². The highest BCUT2D eigenvalue weighted by molar-refractivity contribution is 7.18. The highest BCUT2D eigenvalue weighted by Crippen LogP contribution is 2.34. The Balaban J connectivity index is 2.17. The van der Waals surface area contributed by atoms with Gasteiger partial charge in [-0.15, -0.1) is 22.7 Å². The van der Waals surface area contributed by atoms with Crippen molar-refractivity contribution in [1.82, 2.24) is 0 Å². The minimum absolute atomic E-state index is 0.0775. The molecule has 0 bridgehead atoms. The van der Waals surface area contributed by atoms with Crippen LogP contribution in [-0.4, -0.2) is 43.6 Å². The summed E-state index contributed by atoms with van der Waals surface area (Å²) in [6.45, 7) is 6.42. The molecule has 0 spiro atoms. The van der Waals surface area contributed by atoms with E-state index in [1.807, 2.05) is 0 Å². The fraction of sp³-hybridized carbons (Fsp3) is 0.368. The van der Waals surface area contributed by atoms with Gasteiger partial charge >= 0.3 is 17.9 Å². The molecule has 1 amide bonds. The van der Waals surface area contributed by atoms with Crippen molar-refractivity contribution < 1.29 is 33.4 Å². The van der Waals surface area contributed by atoms with Crippen LogP contribution >= 0.6 is 22.7 Å². The molecular formula is C19H21NO7S2. The maximum Gasteiger partial charge on any atom is 0.349 e. The third kappa shape index (κ3) is 5.42. The summed E-state index contributed by atoms with van der Waals surface area (Å²) in [6, 6.07) is 1.78. The second kappa shape index (κ2) is 10.2. The fourth-order valence-corrected chi connectivity index (χ4v) is 4.31. The average molecular weight is 440 g/mol. The first-order valence-corrected chi connectivity index (χ1v) is 10.5. The predicted octanol–water partition coefficient (Wildman–Crippen LogP) is 3.58. The van der Waals surface area contributed by atoms with Gasteiger partial charge in [-0.05, 0) is 50.3 Å². The molecule has 8 nitrogen and oxygen atoms in total.